The molecule has 3 aromatic carbocycles. The van der Waals surface area contributed by atoms with Crippen molar-refractivity contribution in [2.24, 2.45) is 5.16 Å². The van der Waals surface area contributed by atoms with Gasteiger partial charge >= 0.3 is 0 Å². The SMILES string of the molecule is COc1ccc(CN(C)CCN(C/C(=N/O)c2ccccc2)Cc2ccc(OC)cc2OC)c(OC)c1. The van der Waals surface area contributed by atoms with Crippen molar-refractivity contribution in [1.82, 2.24) is 9.80 Å². The van der Waals surface area contributed by atoms with Gasteiger partial charge in [-0.2, -0.15) is 0 Å². The Hall–Kier alpha value is -3.75. The van der Waals surface area contributed by atoms with E-state index in [-0.39, 0.29) is 0 Å². The Kier molecular flexibility index (Phi) is 10.6. The van der Waals surface area contributed by atoms with Crippen LogP contribution in [0.3, 0.4) is 0 Å². The highest BCUT2D eigenvalue weighted by Gasteiger charge is 2.17. The molecule has 0 aliphatic rings. The molecule has 198 valence electrons. The van der Waals surface area contributed by atoms with Gasteiger partial charge in [0.1, 0.15) is 28.7 Å². The number of hydrogen-bond acceptors (Lipinski definition) is 8. The molecule has 0 unspecified atom stereocenters. The van der Waals surface area contributed by atoms with Crippen LogP contribution in [0.4, 0.5) is 0 Å². The summed E-state index contributed by atoms with van der Waals surface area (Å²) in [5, 5.41) is 13.4. The molecule has 8 heteroatoms. The average molecular weight is 508 g/mol. The Morgan fingerprint density at radius 1 is 0.730 bits per heavy atom. The molecule has 0 fully saturated rings. The summed E-state index contributed by atoms with van der Waals surface area (Å²) in [6.07, 6.45) is 0. The van der Waals surface area contributed by atoms with Crippen molar-refractivity contribution >= 4 is 5.71 Å². The molecule has 0 atom stereocenters. The van der Waals surface area contributed by atoms with Crippen LogP contribution < -0.4 is 18.9 Å². The lowest BCUT2D eigenvalue weighted by molar-refractivity contribution is 0.229. The average Bonchev–Trinajstić information content (AvgIpc) is 2.95. The van der Waals surface area contributed by atoms with Crippen molar-refractivity contribution in [2.45, 2.75) is 13.1 Å². The van der Waals surface area contributed by atoms with Crippen molar-refractivity contribution < 1.29 is 24.2 Å². The third-order valence-electron chi connectivity index (χ3n) is 6.22. The van der Waals surface area contributed by atoms with E-state index in [9.17, 15) is 5.21 Å². The van der Waals surface area contributed by atoms with Crippen LogP contribution in [0.1, 0.15) is 16.7 Å². The van der Waals surface area contributed by atoms with Gasteiger partial charge in [0, 0.05) is 61.5 Å². The molecule has 0 heterocycles. The van der Waals surface area contributed by atoms with Gasteiger partial charge < -0.3 is 29.1 Å². The van der Waals surface area contributed by atoms with E-state index < -0.39 is 0 Å². The van der Waals surface area contributed by atoms with E-state index in [4.69, 9.17) is 18.9 Å². The third-order valence-corrected chi connectivity index (χ3v) is 6.22. The van der Waals surface area contributed by atoms with E-state index in [1.165, 1.54) is 0 Å². The van der Waals surface area contributed by atoms with E-state index in [0.717, 1.165) is 52.8 Å². The maximum absolute atomic E-state index is 9.82. The van der Waals surface area contributed by atoms with Gasteiger partial charge in [-0.15, -0.1) is 0 Å². The van der Waals surface area contributed by atoms with Crippen molar-refractivity contribution in [3.8, 4) is 23.0 Å². The van der Waals surface area contributed by atoms with E-state index in [2.05, 4.69) is 22.0 Å². The lowest BCUT2D eigenvalue weighted by Gasteiger charge is -2.27. The summed E-state index contributed by atoms with van der Waals surface area (Å²) < 4.78 is 21.9. The first-order chi connectivity index (χ1) is 18.0. The molecule has 0 bridgehead atoms. The number of ether oxygens (including phenoxy) is 4. The van der Waals surface area contributed by atoms with Crippen LogP contribution in [0.5, 0.6) is 23.0 Å². The number of rotatable bonds is 14. The second kappa shape index (κ2) is 14.1. The van der Waals surface area contributed by atoms with Crippen LogP contribution >= 0.6 is 0 Å². The molecule has 37 heavy (non-hydrogen) atoms. The van der Waals surface area contributed by atoms with Gasteiger partial charge in [0.05, 0.1) is 28.4 Å². The molecule has 0 aliphatic carbocycles. The lowest BCUT2D eigenvalue weighted by Crippen LogP contribution is -2.36. The maximum atomic E-state index is 9.82. The first-order valence-corrected chi connectivity index (χ1v) is 12.1. The molecule has 8 nitrogen and oxygen atoms in total. The number of hydrogen-bond donors (Lipinski definition) is 1. The minimum absolute atomic E-state index is 0.468. The molecule has 0 saturated carbocycles. The predicted molar refractivity (Wildman–Crippen MR) is 145 cm³/mol. The van der Waals surface area contributed by atoms with Gasteiger partial charge in [-0.25, -0.2) is 0 Å². The van der Waals surface area contributed by atoms with Gasteiger partial charge in [0.2, 0.25) is 0 Å². The standard InChI is InChI=1S/C29H37N3O5/c1-31(19-23-11-13-25(34-2)17-28(23)36-4)15-16-32(21-27(30-33)22-9-7-6-8-10-22)20-24-12-14-26(35-3)18-29(24)37-5/h6-14,17-18,33H,15-16,19-21H2,1-5H3/b30-27-. The molecule has 0 aliphatic heterocycles. The summed E-state index contributed by atoms with van der Waals surface area (Å²) in [5.74, 6) is 3.05. The Morgan fingerprint density at radius 3 is 1.81 bits per heavy atom. The lowest BCUT2D eigenvalue weighted by atomic mass is 10.1. The zero-order valence-electron chi connectivity index (χ0n) is 22.3. The number of likely N-dealkylation sites (N-methyl/N-ethyl adjacent to an activating group) is 1. The highest BCUT2D eigenvalue weighted by Crippen LogP contribution is 2.27. The monoisotopic (exact) mass is 507 g/mol. The van der Waals surface area contributed by atoms with E-state index >= 15 is 0 Å². The van der Waals surface area contributed by atoms with Crippen molar-refractivity contribution in [1.29, 1.82) is 0 Å². The Balaban J connectivity index is 1.77. The summed E-state index contributed by atoms with van der Waals surface area (Å²) in [4.78, 5) is 4.48. The van der Waals surface area contributed by atoms with Crippen LogP contribution in [0.15, 0.2) is 71.9 Å². The fraction of sp³-hybridized carbons (Fsp3) is 0.345. The molecule has 3 rings (SSSR count). The van der Waals surface area contributed by atoms with Crippen molar-refractivity contribution in [2.75, 3.05) is 55.1 Å². The molecule has 0 saturated heterocycles. The van der Waals surface area contributed by atoms with E-state index in [1.54, 1.807) is 28.4 Å². The second-order valence-electron chi connectivity index (χ2n) is 8.72. The highest BCUT2D eigenvalue weighted by molar-refractivity contribution is 6.01. The summed E-state index contributed by atoms with van der Waals surface area (Å²) in [6.45, 7) is 3.30. The van der Waals surface area contributed by atoms with Gasteiger partial charge in [-0.1, -0.05) is 47.6 Å². The fourth-order valence-electron chi connectivity index (χ4n) is 4.12. The van der Waals surface area contributed by atoms with Crippen LogP contribution in [0, 0.1) is 0 Å². The zero-order chi connectivity index (χ0) is 26.6. The van der Waals surface area contributed by atoms with Crippen molar-refractivity contribution in [3.63, 3.8) is 0 Å². The number of nitrogens with zero attached hydrogens (tertiary/aromatic N) is 3. The van der Waals surface area contributed by atoms with Gasteiger partial charge in [0.25, 0.3) is 0 Å². The molecule has 0 spiro atoms. The second-order valence-corrected chi connectivity index (χ2v) is 8.72. The van der Waals surface area contributed by atoms with Gasteiger partial charge in [-0.05, 0) is 19.2 Å². The third kappa shape index (κ3) is 7.87. The zero-order valence-corrected chi connectivity index (χ0v) is 22.3. The molecule has 1 N–H and O–H groups in total. The summed E-state index contributed by atoms with van der Waals surface area (Å²) in [5.41, 5.74) is 3.59. The minimum atomic E-state index is 0.468. The Bertz CT molecular complexity index is 1150. The van der Waals surface area contributed by atoms with E-state index in [1.807, 2.05) is 66.7 Å². The quantitative estimate of drug-likeness (QED) is 0.195. The number of benzene rings is 3. The summed E-state index contributed by atoms with van der Waals surface area (Å²) in [7, 11) is 8.68. The molecular formula is C29H37N3O5. The molecular weight excluding hydrogens is 470 g/mol. The van der Waals surface area contributed by atoms with Crippen LogP contribution in [-0.2, 0) is 13.1 Å². The normalized spacial score (nSPS) is 11.6. The fourth-order valence-corrected chi connectivity index (χ4v) is 4.12. The Labute approximate surface area is 219 Å². The topological polar surface area (TPSA) is 76.0 Å². The van der Waals surface area contributed by atoms with Gasteiger partial charge in [0.15, 0.2) is 0 Å². The number of oxime groups is 1. The van der Waals surface area contributed by atoms with Crippen LogP contribution in [0.2, 0.25) is 0 Å². The summed E-state index contributed by atoms with van der Waals surface area (Å²) >= 11 is 0. The summed E-state index contributed by atoms with van der Waals surface area (Å²) in [6, 6.07) is 21.4. The van der Waals surface area contributed by atoms with E-state index in [0.29, 0.717) is 25.3 Å². The predicted octanol–water partition coefficient (Wildman–Crippen LogP) is 4.53. The molecule has 0 amide bonds. The Morgan fingerprint density at radius 2 is 1.30 bits per heavy atom. The smallest absolute Gasteiger partial charge is 0.127 e. The molecule has 3 aromatic rings. The number of methoxy groups -OCH3 is 4. The van der Waals surface area contributed by atoms with Crippen LogP contribution in [0.25, 0.3) is 0 Å². The maximum Gasteiger partial charge on any atom is 0.127 e. The van der Waals surface area contributed by atoms with Crippen molar-refractivity contribution in [3.05, 3.63) is 83.4 Å². The highest BCUT2D eigenvalue weighted by atomic mass is 16.5. The largest absolute Gasteiger partial charge is 0.497 e. The molecule has 0 radical (unpaired) electrons. The minimum Gasteiger partial charge on any atom is -0.497 e. The van der Waals surface area contributed by atoms with Crippen LogP contribution in [-0.4, -0.2) is 75.8 Å². The molecule has 0 aromatic heterocycles. The first-order valence-electron chi connectivity index (χ1n) is 12.1. The van der Waals surface area contributed by atoms with Gasteiger partial charge in [-0.3, -0.25) is 4.90 Å². The first kappa shape index (κ1) is 27.8.